The SMILES string of the molecule is COc1ccc(N2CCCN(c3cnn(Cc4ccccc4)c(=O)c3Cl)CC2)cc1. The van der Waals surface area contributed by atoms with Gasteiger partial charge in [0.15, 0.2) is 0 Å². The number of methoxy groups -OCH3 is 1. The summed E-state index contributed by atoms with van der Waals surface area (Å²) in [4.78, 5) is 17.3. The molecule has 2 heterocycles. The lowest BCUT2D eigenvalue weighted by molar-refractivity contribution is 0.415. The van der Waals surface area contributed by atoms with Crippen LogP contribution in [-0.4, -0.2) is 43.1 Å². The number of hydrogen-bond acceptors (Lipinski definition) is 5. The van der Waals surface area contributed by atoms with Crippen LogP contribution < -0.4 is 20.1 Å². The highest BCUT2D eigenvalue weighted by molar-refractivity contribution is 6.33. The van der Waals surface area contributed by atoms with Crippen LogP contribution in [0.4, 0.5) is 11.4 Å². The van der Waals surface area contributed by atoms with Gasteiger partial charge in [-0.1, -0.05) is 41.9 Å². The van der Waals surface area contributed by atoms with E-state index >= 15 is 0 Å². The van der Waals surface area contributed by atoms with Gasteiger partial charge >= 0.3 is 0 Å². The second-order valence-electron chi connectivity index (χ2n) is 7.32. The molecule has 0 saturated carbocycles. The van der Waals surface area contributed by atoms with E-state index in [-0.39, 0.29) is 10.6 Å². The average molecular weight is 425 g/mol. The summed E-state index contributed by atoms with van der Waals surface area (Å²) in [5, 5.41) is 4.62. The Labute approximate surface area is 181 Å². The first kappa shape index (κ1) is 20.3. The Morgan fingerprint density at radius 2 is 1.67 bits per heavy atom. The zero-order chi connectivity index (χ0) is 20.9. The van der Waals surface area contributed by atoms with Crippen LogP contribution in [0.3, 0.4) is 0 Å². The standard InChI is InChI=1S/C23H25ClN4O2/c1-30-20-10-8-19(9-11-20)26-12-5-13-27(15-14-26)21-16-25-28(23(29)22(21)24)17-18-6-3-2-4-7-18/h2-4,6-11,16H,5,12-15,17H2,1H3. The lowest BCUT2D eigenvalue weighted by atomic mass is 10.2. The topological polar surface area (TPSA) is 50.6 Å². The van der Waals surface area contributed by atoms with E-state index in [1.165, 1.54) is 10.4 Å². The number of rotatable bonds is 5. The van der Waals surface area contributed by atoms with E-state index in [1.54, 1.807) is 13.3 Å². The first-order valence-electron chi connectivity index (χ1n) is 10.1. The fourth-order valence-electron chi connectivity index (χ4n) is 3.76. The predicted molar refractivity (Wildman–Crippen MR) is 121 cm³/mol. The zero-order valence-electron chi connectivity index (χ0n) is 17.0. The fraction of sp³-hybridized carbons (Fsp3) is 0.304. The quantitative estimate of drug-likeness (QED) is 0.625. The van der Waals surface area contributed by atoms with Crippen LogP contribution in [0, 0.1) is 0 Å². The molecule has 30 heavy (non-hydrogen) atoms. The normalized spacial score (nSPS) is 14.5. The fourth-order valence-corrected chi connectivity index (χ4v) is 4.02. The van der Waals surface area contributed by atoms with Crippen LogP contribution in [-0.2, 0) is 6.54 Å². The Kier molecular flexibility index (Phi) is 6.23. The largest absolute Gasteiger partial charge is 0.497 e. The van der Waals surface area contributed by atoms with Crippen LogP contribution >= 0.6 is 11.6 Å². The van der Waals surface area contributed by atoms with Crippen molar-refractivity contribution in [3.8, 4) is 5.75 Å². The highest BCUT2D eigenvalue weighted by Gasteiger charge is 2.20. The summed E-state index contributed by atoms with van der Waals surface area (Å²) >= 11 is 6.50. The monoisotopic (exact) mass is 424 g/mol. The minimum absolute atomic E-state index is 0.235. The van der Waals surface area contributed by atoms with E-state index in [0.717, 1.165) is 43.9 Å². The van der Waals surface area contributed by atoms with Gasteiger partial charge in [-0.2, -0.15) is 5.10 Å². The third-order valence-corrected chi connectivity index (χ3v) is 5.77. The zero-order valence-corrected chi connectivity index (χ0v) is 17.8. The molecule has 0 aliphatic carbocycles. The van der Waals surface area contributed by atoms with Crippen LogP contribution in [0.5, 0.6) is 5.75 Å². The Morgan fingerprint density at radius 1 is 0.967 bits per heavy atom. The molecular weight excluding hydrogens is 400 g/mol. The molecule has 3 aromatic rings. The van der Waals surface area contributed by atoms with Crippen LogP contribution in [0.1, 0.15) is 12.0 Å². The van der Waals surface area contributed by atoms with Crippen molar-refractivity contribution in [1.82, 2.24) is 9.78 Å². The summed E-state index contributed by atoms with van der Waals surface area (Å²) < 4.78 is 6.67. The van der Waals surface area contributed by atoms with Gasteiger partial charge in [0.05, 0.1) is 25.5 Å². The first-order valence-corrected chi connectivity index (χ1v) is 10.5. The first-order chi connectivity index (χ1) is 14.7. The van der Waals surface area contributed by atoms with Crippen molar-refractivity contribution < 1.29 is 4.74 Å². The molecule has 4 rings (SSSR count). The van der Waals surface area contributed by atoms with E-state index < -0.39 is 0 Å². The lowest BCUT2D eigenvalue weighted by Crippen LogP contribution is -2.33. The van der Waals surface area contributed by atoms with E-state index in [1.807, 2.05) is 42.5 Å². The van der Waals surface area contributed by atoms with Crippen LogP contribution in [0.25, 0.3) is 0 Å². The predicted octanol–water partition coefficient (Wildman–Crippen LogP) is 3.67. The molecule has 0 spiro atoms. The maximum absolute atomic E-state index is 12.8. The molecule has 156 valence electrons. The van der Waals surface area contributed by atoms with Gasteiger partial charge in [-0.25, -0.2) is 4.68 Å². The molecule has 1 aliphatic heterocycles. The minimum atomic E-state index is -0.255. The summed E-state index contributed by atoms with van der Waals surface area (Å²) in [5.74, 6) is 0.851. The number of ether oxygens (including phenoxy) is 1. The van der Waals surface area contributed by atoms with Crippen LogP contribution in [0.2, 0.25) is 5.02 Å². The summed E-state index contributed by atoms with van der Waals surface area (Å²) in [6, 6.07) is 17.9. The molecular formula is C23H25ClN4O2. The van der Waals surface area contributed by atoms with E-state index in [2.05, 4.69) is 27.0 Å². The molecule has 0 radical (unpaired) electrons. The summed E-state index contributed by atoms with van der Waals surface area (Å²) in [6.45, 7) is 3.80. The Balaban J connectivity index is 1.48. The molecule has 1 aromatic heterocycles. The second kappa shape index (κ2) is 9.22. The molecule has 7 heteroatoms. The smallest absolute Gasteiger partial charge is 0.287 e. The number of aromatic nitrogens is 2. The van der Waals surface area contributed by atoms with Crippen molar-refractivity contribution in [2.45, 2.75) is 13.0 Å². The number of hydrogen-bond donors (Lipinski definition) is 0. The number of halogens is 1. The van der Waals surface area contributed by atoms with Gasteiger partial charge in [-0.05, 0) is 36.2 Å². The van der Waals surface area contributed by atoms with Crippen molar-refractivity contribution in [3.63, 3.8) is 0 Å². The molecule has 2 aromatic carbocycles. The maximum atomic E-state index is 12.8. The third kappa shape index (κ3) is 4.44. The van der Waals surface area contributed by atoms with Crippen molar-refractivity contribution in [2.75, 3.05) is 43.1 Å². The highest BCUT2D eigenvalue weighted by Crippen LogP contribution is 2.25. The molecule has 0 unspecified atom stereocenters. The van der Waals surface area contributed by atoms with E-state index in [9.17, 15) is 4.79 Å². The highest BCUT2D eigenvalue weighted by atomic mass is 35.5. The van der Waals surface area contributed by atoms with Crippen LogP contribution in [0.15, 0.2) is 65.6 Å². The van der Waals surface area contributed by atoms with E-state index in [0.29, 0.717) is 12.2 Å². The second-order valence-corrected chi connectivity index (χ2v) is 7.70. The van der Waals surface area contributed by atoms with Crippen molar-refractivity contribution >= 4 is 23.0 Å². The van der Waals surface area contributed by atoms with Gasteiger partial charge in [0.1, 0.15) is 10.8 Å². The van der Waals surface area contributed by atoms with Gasteiger partial charge in [0.2, 0.25) is 0 Å². The van der Waals surface area contributed by atoms with Gasteiger partial charge < -0.3 is 14.5 Å². The third-order valence-electron chi connectivity index (χ3n) is 5.42. The number of nitrogens with zero attached hydrogens (tertiary/aromatic N) is 4. The molecule has 1 aliphatic rings. The van der Waals surface area contributed by atoms with Crippen molar-refractivity contribution in [1.29, 1.82) is 0 Å². The summed E-state index contributed by atoms with van der Waals surface area (Å²) in [5.41, 5.74) is 2.64. The Hall–Kier alpha value is -2.99. The molecule has 1 saturated heterocycles. The van der Waals surface area contributed by atoms with Gasteiger partial charge in [0.25, 0.3) is 5.56 Å². The molecule has 0 N–H and O–H groups in total. The van der Waals surface area contributed by atoms with Crippen molar-refractivity contribution in [2.24, 2.45) is 0 Å². The number of benzene rings is 2. The number of anilines is 2. The van der Waals surface area contributed by atoms with Gasteiger partial charge in [0, 0.05) is 31.9 Å². The molecule has 6 nitrogen and oxygen atoms in total. The maximum Gasteiger partial charge on any atom is 0.287 e. The van der Waals surface area contributed by atoms with Crippen molar-refractivity contribution in [3.05, 3.63) is 81.7 Å². The Bertz CT molecular complexity index is 1040. The minimum Gasteiger partial charge on any atom is -0.497 e. The molecule has 0 amide bonds. The Morgan fingerprint density at radius 3 is 2.40 bits per heavy atom. The average Bonchev–Trinajstić information content (AvgIpc) is 3.04. The molecule has 0 atom stereocenters. The summed E-state index contributed by atoms with van der Waals surface area (Å²) in [6.07, 6.45) is 2.69. The van der Waals surface area contributed by atoms with Gasteiger partial charge in [-0.15, -0.1) is 0 Å². The van der Waals surface area contributed by atoms with E-state index in [4.69, 9.17) is 16.3 Å². The van der Waals surface area contributed by atoms with Gasteiger partial charge in [-0.3, -0.25) is 4.79 Å². The molecule has 1 fully saturated rings. The lowest BCUT2D eigenvalue weighted by Gasteiger charge is -2.25. The summed E-state index contributed by atoms with van der Waals surface area (Å²) in [7, 11) is 1.67. The molecule has 0 bridgehead atoms.